The number of carboxylic acids is 1. The van der Waals surface area contributed by atoms with Crippen molar-refractivity contribution in [3.05, 3.63) is 54.1 Å². The zero-order valence-corrected chi connectivity index (χ0v) is 10.6. The first-order valence-corrected chi connectivity index (χ1v) is 6.91. The maximum atomic E-state index is 11.4. The Balaban J connectivity index is 2.61. The van der Waals surface area contributed by atoms with Crippen molar-refractivity contribution in [3.8, 4) is 11.1 Å². The third-order valence-electron chi connectivity index (χ3n) is 2.64. The first kappa shape index (κ1) is 12.5. The van der Waals surface area contributed by atoms with Crippen LogP contribution in [0.5, 0.6) is 0 Å². The molecule has 18 heavy (non-hydrogen) atoms. The van der Waals surface area contributed by atoms with E-state index in [-0.39, 0.29) is 5.56 Å². The molecule has 2 aromatic carbocycles. The Bertz CT molecular complexity index is 606. The minimum atomic E-state index is -1.18. The lowest BCUT2D eigenvalue weighted by molar-refractivity contribution is 0.0697. The number of hydrogen-bond donors (Lipinski definition) is 1. The molecule has 0 aliphatic carbocycles. The fraction of sp³-hybridized carbons (Fsp3) is 0.0714. The van der Waals surface area contributed by atoms with Crippen molar-refractivity contribution in [3.63, 3.8) is 0 Å². The lowest BCUT2D eigenvalue weighted by Gasteiger charge is -2.07. The van der Waals surface area contributed by atoms with Crippen LogP contribution in [0.2, 0.25) is 0 Å². The summed E-state index contributed by atoms with van der Waals surface area (Å²) in [5.74, 6) is -1.01. The van der Waals surface area contributed by atoms with Crippen LogP contribution in [0, 0.1) is 0 Å². The first-order valence-electron chi connectivity index (χ1n) is 5.36. The average Bonchev–Trinajstić information content (AvgIpc) is 2.39. The predicted molar refractivity (Wildman–Crippen MR) is 71.2 cm³/mol. The van der Waals surface area contributed by atoms with Gasteiger partial charge in [0.05, 0.1) is 5.56 Å². The topological polar surface area (TPSA) is 54.4 Å². The SMILES string of the molecule is C[S@@](=O)c1ccc(-c2ccccc2)c(C(=O)O)c1. The Morgan fingerprint density at radius 2 is 1.78 bits per heavy atom. The van der Waals surface area contributed by atoms with Crippen molar-refractivity contribution >= 4 is 16.8 Å². The van der Waals surface area contributed by atoms with Gasteiger partial charge in [0.15, 0.2) is 0 Å². The molecule has 92 valence electrons. The van der Waals surface area contributed by atoms with E-state index in [4.69, 9.17) is 0 Å². The van der Waals surface area contributed by atoms with Gasteiger partial charge >= 0.3 is 5.97 Å². The summed E-state index contributed by atoms with van der Waals surface area (Å²) >= 11 is 0. The molecule has 0 saturated carbocycles. The highest BCUT2D eigenvalue weighted by Gasteiger charge is 2.13. The summed E-state index contributed by atoms with van der Waals surface area (Å²) in [6.45, 7) is 0. The number of rotatable bonds is 3. The van der Waals surface area contributed by atoms with Gasteiger partial charge in [-0.1, -0.05) is 36.4 Å². The number of benzene rings is 2. The fourth-order valence-corrected chi connectivity index (χ4v) is 2.29. The van der Waals surface area contributed by atoms with Gasteiger partial charge < -0.3 is 5.11 Å². The molecule has 1 N–H and O–H groups in total. The van der Waals surface area contributed by atoms with Gasteiger partial charge in [-0.05, 0) is 23.3 Å². The van der Waals surface area contributed by atoms with E-state index in [2.05, 4.69) is 0 Å². The molecular weight excluding hydrogens is 248 g/mol. The van der Waals surface area contributed by atoms with Crippen LogP contribution in [0.25, 0.3) is 11.1 Å². The second-order valence-electron chi connectivity index (χ2n) is 3.83. The van der Waals surface area contributed by atoms with Crippen LogP contribution in [0.15, 0.2) is 53.4 Å². The van der Waals surface area contributed by atoms with Gasteiger partial charge in [0.25, 0.3) is 0 Å². The lowest BCUT2D eigenvalue weighted by atomic mass is 10.00. The van der Waals surface area contributed by atoms with E-state index < -0.39 is 16.8 Å². The summed E-state index contributed by atoms with van der Waals surface area (Å²) < 4.78 is 11.4. The molecule has 4 heteroatoms. The van der Waals surface area contributed by atoms with E-state index in [0.717, 1.165) is 5.56 Å². The molecule has 0 aromatic heterocycles. The zero-order chi connectivity index (χ0) is 13.1. The van der Waals surface area contributed by atoms with Crippen molar-refractivity contribution in [1.82, 2.24) is 0 Å². The molecule has 0 heterocycles. The molecule has 0 radical (unpaired) electrons. The molecule has 0 aliphatic rings. The second kappa shape index (κ2) is 5.14. The molecule has 0 bridgehead atoms. The van der Waals surface area contributed by atoms with Crippen LogP contribution >= 0.6 is 0 Å². The molecule has 2 aromatic rings. The minimum absolute atomic E-state index is 0.175. The minimum Gasteiger partial charge on any atom is -0.478 e. The van der Waals surface area contributed by atoms with E-state index in [1.165, 1.54) is 12.3 Å². The predicted octanol–water partition coefficient (Wildman–Crippen LogP) is 2.79. The van der Waals surface area contributed by atoms with Gasteiger partial charge in [-0.3, -0.25) is 4.21 Å². The second-order valence-corrected chi connectivity index (χ2v) is 5.21. The molecule has 0 amide bonds. The molecule has 3 nitrogen and oxygen atoms in total. The number of carboxylic acid groups (broad SMARTS) is 1. The molecule has 1 atom stereocenters. The van der Waals surface area contributed by atoms with Crippen molar-refractivity contribution in [2.45, 2.75) is 4.90 Å². The zero-order valence-electron chi connectivity index (χ0n) is 9.79. The van der Waals surface area contributed by atoms with Crippen molar-refractivity contribution in [2.75, 3.05) is 6.26 Å². The highest BCUT2D eigenvalue weighted by atomic mass is 32.2. The van der Waals surface area contributed by atoms with E-state index in [0.29, 0.717) is 10.5 Å². The Morgan fingerprint density at radius 3 is 2.33 bits per heavy atom. The molecule has 0 spiro atoms. The maximum absolute atomic E-state index is 11.4. The number of carbonyl (C=O) groups is 1. The van der Waals surface area contributed by atoms with Gasteiger partial charge in [-0.25, -0.2) is 4.79 Å². The summed E-state index contributed by atoms with van der Waals surface area (Å²) in [7, 11) is -1.18. The van der Waals surface area contributed by atoms with Gasteiger partial charge in [-0.15, -0.1) is 0 Å². The van der Waals surface area contributed by atoms with Gasteiger partial charge in [0, 0.05) is 22.0 Å². The van der Waals surface area contributed by atoms with Crippen molar-refractivity contribution in [1.29, 1.82) is 0 Å². The van der Waals surface area contributed by atoms with E-state index in [9.17, 15) is 14.1 Å². The van der Waals surface area contributed by atoms with E-state index in [1.54, 1.807) is 12.1 Å². The van der Waals surface area contributed by atoms with E-state index >= 15 is 0 Å². The van der Waals surface area contributed by atoms with Crippen molar-refractivity contribution < 1.29 is 14.1 Å². The van der Waals surface area contributed by atoms with E-state index in [1.807, 2.05) is 30.3 Å². The Kier molecular flexibility index (Phi) is 3.58. The summed E-state index contributed by atoms with van der Waals surface area (Å²) in [6, 6.07) is 14.2. The average molecular weight is 260 g/mol. The Labute approximate surface area is 108 Å². The molecular formula is C14H12O3S. The first-order chi connectivity index (χ1) is 8.59. The fourth-order valence-electron chi connectivity index (χ4n) is 1.75. The summed E-state index contributed by atoms with van der Waals surface area (Å²) in [4.78, 5) is 11.8. The monoisotopic (exact) mass is 260 g/mol. The summed E-state index contributed by atoms with van der Waals surface area (Å²) in [5, 5.41) is 9.23. The normalized spacial score (nSPS) is 12.1. The summed E-state index contributed by atoms with van der Waals surface area (Å²) in [6.07, 6.45) is 1.53. The maximum Gasteiger partial charge on any atom is 0.336 e. The highest BCUT2D eigenvalue weighted by molar-refractivity contribution is 7.84. The standard InChI is InChI=1S/C14H12O3S/c1-18(17)11-7-8-12(13(9-11)14(15)16)10-5-3-2-4-6-10/h2-9H,1H3,(H,15,16)/t18-/m1/s1. The molecule has 0 fully saturated rings. The van der Waals surface area contributed by atoms with Crippen LogP contribution in [0.4, 0.5) is 0 Å². The van der Waals surface area contributed by atoms with Crippen LogP contribution in [-0.4, -0.2) is 21.5 Å². The van der Waals surface area contributed by atoms with Crippen LogP contribution in [0.1, 0.15) is 10.4 Å². The quantitative estimate of drug-likeness (QED) is 0.923. The molecule has 0 unspecified atom stereocenters. The number of hydrogen-bond acceptors (Lipinski definition) is 2. The van der Waals surface area contributed by atoms with Crippen LogP contribution < -0.4 is 0 Å². The van der Waals surface area contributed by atoms with Gasteiger partial charge in [0.2, 0.25) is 0 Å². The lowest BCUT2D eigenvalue weighted by Crippen LogP contribution is -2.01. The molecule has 2 rings (SSSR count). The van der Waals surface area contributed by atoms with Gasteiger partial charge in [0.1, 0.15) is 0 Å². The van der Waals surface area contributed by atoms with Gasteiger partial charge in [-0.2, -0.15) is 0 Å². The molecule has 0 aliphatic heterocycles. The Morgan fingerprint density at radius 1 is 1.11 bits per heavy atom. The van der Waals surface area contributed by atoms with Crippen LogP contribution in [0.3, 0.4) is 0 Å². The third-order valence-corrected chi connectivity index (χ3v) is 3.56. The Hall–Kier alpha value is -1.94. The van der Waals surface area contributed by atoms with Crippen LogP contribution in [-0.2, 0) is 10.8 Å². The largest absolute Gasteiger partial charge is 0.478 e. The highest BCUT2D eigenvalue weighted by Crippen LogP contribution is 2.25. The molecule has 0 saturated heterocycles. The smallest absolute Gasteiger partial charge is 0.336 e. The number of aromatic carboxylic acids is 1. The third kappa shape index (κ3) is 2.49. The van der Waals surface area contributed by atoms with Crippen molar-refractivity contribution in [2.24, 2.45) is 0 Å². The summed E-state index contributed by atoms with van der Waals surface area (Å²) in [5.41, 5.74) is 1.65.